The molecule has 0 unspecified atom stereocenters. The molecule has 0 aromatic heterocycles. The predicted molar refractivity (Wildman–Crippen MR) is 137 cm³/mol. The lowest BCUT2D eigenvalue weighted by atomic mass is 9.91. The molecule has 0 aliphatic heterocycles. The van der Waals surface area contributed by atoms with Crippen LogP contribution in [0.5, 0.6) is 0 Å². The van der Waals surface area contributed by atoms with Crippen molar-refractivity contribution < 1.29 is 9.85 Å². The van der Waals surface area contributed by atoms with Crippen LogP contribution in [-0.4, -0.2) is 9.85 Å². The van der Waals surface area contributed by atoms with Gasteiger partial charge in [-0.3, -0.25) is 20.2 Å². The minimum Gasteiger partial charge on any atom is -0.258 e. The summed E-state index contributed by atoms with van der Waals surface area (Å²) in [4.78, 5) is 22.4. The van der Waals surface area contributed by atoms with Crippen molar-refractivity contribution in [2.45, 2.75) is 0 Å². The van der Waals surface area contributed by atoms with E-state index in [2.05, 4.69) is 31.9 Å². The lowest BCUT2D eigenvalue weighted by Crippen LogP contribution is -1.94. The highest BCUT2D eigenvalue weighted by Gasteiger charge is 2.34. The molecule has 34 heavy (non-hydrogen) atoms. The first-order chi connectivity index (χ1) is 16.3. The van der Waals surface area contributed by atoms with E-state index in [4.69, 9.17) is 0 Å². The van der Waals surface area contributed by atoms with Crippen molar-refractivity contribution in [3.8, 4) is 22.3 Å². The second kappa shape index (κ2) is 7.44. The summed E-state index contributed by atoms with van der Waals surface area (Å²) in [6.45, 7) is 0. The average Bonchev–Trinajstić information content (AvgIpc) is 3.28. The summed E-state index contributed by atoms with van der Waals surface area (Å²) in [5, 5.41) is 23.2. The number of non-ortho nitro benzene ring substituents is 2. The van der Waals surface area contributed by atoms with E-state index >= 15 is 0 Å². The van der Waals surface area contributed by atoms with Crippen molar-refractivity contribution in [3.05, 3.63) is 124 Å². The Bertz CT molecular complexity index is 1520. The minimum absolute atomic E-state index is 0.00421. The van der Waals surface area contributed by atoms with Gasteiger partial charge in [-0.2, -0.15) is 0 Å². The van der Waals surface area contributed by atoms with E-state index < -0.39 is 9.85 Å². The van der Waals surface area contributed by atoms with Crippen LogP contribution >= 0.6 is 31.9 Å². The summed E-state index contributed by atoms with van der Waals surface area (Å²) in [7, 11) is 0. The molecule has 0 N–H and O–H groups in total. The van der Waals surface area contributed by atoms with E-state index in [0.717, 1.165) is 64.6 Å². The Morgan fingerprint density at radius 2 is 0.794 bits per heavy atom. The Morgan fingerprint density at radius 1 is 0.471 bits per heavy atom. The number of nitro benzene ring substituents is 2. The third-order valence-electron chi connectivity index (χ3n) is 6.30. The van der Waals surface area contributed by atoms with Crippen LogP contribution in [0.3, 0.4) is 0 Å². The molecule has 0 saturated carbocycles. The predicted octanol–water partition coefficient (Wildman–Crippen LogP) is 8.00. The fraction of sp³-hybridized carbons (Fsp3) is 0. The van der Waals surface area contributed by atoms with E-state index in [0.29, 0.717) is 0 Å². The lowest BCUT2D eigenvalue weighted by molar-refractivity contribution is -0.385. The molecule has 0 amide bonds. The Hall–Kier alpha value is -3.62. The number of benzene rings is 4. The molecule has 8 heteroatoms. The summed E-state index contributed by atoms with van der Waals surface area (Å²) in [6.07, 6.45) is 0. The molecular formula is C26H12Br2N2O4. The Kier molecular flexibility index (Phi) is 4.59. The molecule has 0 atom stereocenters. The molecule has 2 aliphatic carbocycles. The molecule has 6 nitrogen and oxygen atoms in total. The van der Waals surface area contributed by atoms with Crippen molar-refractivity contribution in [1.82, 2.24) is 0 Å². The van der Waals surface area contributed by atoms with Crippen molar-refractivity contribution >= 4 is 54.4 Å². The molecule has 6 rings (SSSR count). The quantitative estimate of drug-likeness (QED) is 0.155. The summed E-state index contributed by atoms with van der Waals surface area (Å²) >= 11 is 7.12. The van der Waals surface area contributed by atoms with Gasteiger partial charge in [0.05, 0.1) is 9.85 Å². The normalized spacial score (nSPS) is 14.9. The smallest absolute Gasteiger partial charge is 0.258 e. The van der Waals surface area contributed by atoms with Crippen LogP contribution in [0.4, 0.5) is 11.4 Å². The van der Waals surface area contributed by atoms with Crippen LogP contribution in [-0.2, 0) is 0 Å². The minimum atomic E-state index is -0.403. The van der Waals surface area contributed by atoms with E-state index in [1.807, 2.05) is 36.4 Å². The van der Waals surface area contributed by atoms with Crippen molar-refractivity contribution in [2.75, 3.05) is 0 Å². The average molecular weight is 576 g/mol. The van der Waals surface area contributed by atoms with Gasteiger partial charge in [-0.1, -0.05) is 44.0 Å². The van der Waals surface area contributed by atoms with Crippen LogP contribution in [0, 0.1) is 20.2 Å². The first-order valence-corrected chi connectivity index (χ1v) is 11.8. The maximum Gasteiger partial charge on any atom is 0.270 e. The van der Waals surface area contributed by atoms with E-state index in [1.54, 1.807) is 24.3 Å². The molecule has 0 bridgehead atoms. The number of rotatable bonds is 2. The standard InChI is InChI=1S/C26H12Br2N2O4/c27-13-1-5-17-19-7-3-15(29(31)32)11-23(19)25(21(17)9-13)26-22-10-14(28)2-6-18(22)20-8-4-16(30(33)34)12-24(20)26/h1-12H/b26-25-. The van der Waals surface area contributed by atoms with Crippen LogP contribution in [0.2, 0.25) is 0 Å². The summed E-state index contributed by atoms with van der Waals surface area (Å²) in [5.74, 6) is 0. The molecule has 4 aromatic carbocycles. The van der Waals surface area contributed by atoms with Gasteiger partial charge in [-0.25, -0.2) is 0 Å². The number of nitro groups is 2. The van der Waals surface area contributed by atoms with Crippen LogP contribution in [0.1, 0.15) is 22.3 Å². The zero-order chi connectivity index (χ0) is 23.7. The second-order valence-electron chi connectivity index (χ2n) is 8.10. The number of hydrogen-bond acceptors (Lipinski definition) is 4. The number of hydrogen-bond donors (Lipinski definition) is 0. The van der Waals surface area contributed by atoms with Gasteiger partial charge in [0.1, 0.15) is 0 Å². The fourth-order valence-corrected chi connectivity index (χ4v) is 5.64. The molecule has 0 radical (unpaired) electrons. The van der Waals surface area contributed by atoms with Gasteiger partial charge in [0, 0.05) is 33.2 Å². The highest BCUT2D eigenvalue weighted by molar-refractivity contribution is 9.10. The van der Waals surface area contributed by atoms with Gasteiger partial charge in [-0.15, -0.1) is 0 Å². The largest absolute Gasteiger partial charge is 0.270 e. The van der Waals surface area contributed by atoms with Crippen LogP contribution in [0.25, 0.3) is 33.4 Å². The fourth-order valence-electron chi connectivity index (χ4n) is 4.92. The zero-order valence-corrected chi connectivity index (χ0v) is 20.4. The van der Waals surface area contributed by atoms with Crippen molar-refractivity contribution in [2.24, 2.45) is 0 Å². The number of nitrogens with zero attached hydrogens (tertiary/aromatic N) is 2. The van der Waals surface area contributed by atoms with Crippen LogP contribution < -0.4 is 0 Å². The molecule has 164 valence electrons. The Morgan fingerprint density at radius 3 is 1.15 bits per heavy atom. The van der Waals surface area contributed by atoms with Gasteiger partial charge in [0.25, 0.3) is 11.4 Å². The van der Waals surface area contributed by atoms with Crippen molar-refractivity contribution in [3.63, 3.8) is 0 Å². The first-order valence-electron chi connectivity index (χ1n) is 10.3. The molecule has 0 heterocycles. The van der Waals surface area contributed by atoms with Crippen molar-refractivity contribution in [1.29, 1.82) is 0 Å². The van der Waals surface area contributed by atoms with Gasteiger partial charge in [0.15, 0.2) is 0 Å². The zero-order valence-electron chi connectivity index (χ0n) is 17.2. The number of halogens is 2. The molecule has 4 aromatic rings. The van der Waals surface area contributed by atoms with Crippen LogP contribution in [0.15, 0.2) is 81.7 Å². The third-order valence-corrected chi connectivity index (χ3v) is 7.29. The first kappa shape index (κ1) is 20.9. The van der Waals surface area contributed by atoms with E-state index in [1.165, 1.54) is 12.1 Å². The monoisotopic (exact) mass is 574 g/mol. The Balaban J connectivity index is 1.80. The SMILES string of the molecule is O=[N+]([O-])c1ccc2c(c1)/C(=C1/c3cc(Br)ccc3-c3ccc([N+](=O)[O-])cc31)c1cc(Br)ccc1-2. The summed E-state index contributed by atoms with van der Waals surface area (Å²) in [6, 6.07) is 21.6. The highest BCUT2D eigenvalue weighted by atomic mass is 79.9. The maximum atomic E-state index is 11.6. The lowest BCUT2D eigenvalue weighted by Gasteiger charge is -2.12. The molecular weight excluding hydrogens is 564 g/mol. The Labute approximate surface area is 210 Å². The van der Waals surface area contributed by atoms with Gasteiger partial charge in [0.2, 0.25) is 0 Å². The highest BCUT2D eigenvalue weighted by Crippen LogP contribution is 2.55. The number of fused-ring (bicyclic) bond motifs is 6. The third kappa shape index (κ3) is 2.99. The summed E-state index contributed by atoms with van der Waals surface area (Å²) < 4.78 is 1.75. The van der Waals surface area contributed by atoms with E-state index in [9.17, 15) is 20.2 Å². The molecule has 0 spiro atoms. The molecule has 2 aliphatic rings. The van der Waals surface area contributed by atoms with E-state index in [-0.39, 0.29) is 11.4 Å². The van der Waals surface area contributed by atoms with Gasteiger partial charge in [-0.05, 0) is 92.1 Å². The summed E-state index contributed by atoms with van der Waals surface area (Å²) in [5.41, 5.74) is 8.68. The molecule has 0 saturated heterocycles. The maximum absolute atomic E-state index is 11.6. The second-order valence-corrected chi connectivity index (χ2v) is 9.94. The topological polar surface area (TPSA) is 86.3 Å². The van der Waals surface area contributed by atoms with Gasteiger partial charge >= 0.3 is 0 Å². The molecule has 0 fully saturated rings. The van der Waals surface area contributed by atoms with Gasteiger partial charge < -0.3 is 0 Å².